The zero-order valence-electron chi connectivity index (χ0n) is 20.6. The molecule has 2 amide bonds. The minimum atomic E-state index is -1.03. The summed E-state index contributed by atoms with van der Waals surface area (Å²) in [4.78, 5) is 27.8. The van der Waals surface area contributed by atoms with E-state index in [0.717, 1.165) is 40.6 Å². The zero-order valence-corrected chi connectivity index (χ0v) is 24.3. The largest absolute Gasteiger partial charge is 0.490 e. The van der Waals surface area contributed by atoms with E-state index in [1.54, 1.807) is 6.07 Å². The van der Waals surface area contributed by atoms with Crippen molar-refractivity contribution in [1.82, 2.24) is 10.6 Å². The second-order valence-corrected chi connectivity index (χ2v) is 12.7. The Labute approximate surface area is 245 Å². The van der Waals surface area contributed by atoms with Crippen molar-refractivity contribution in [2.45, 2.75) is 43.2 Å². The lowest BCUT2D eigenvalue weighted by Gasteiger charge is -2.45. The van der Waals surface area contributed by atoms with E-state index in [9.17, 15) is 9.59 Å². The Hall–Kier alpha value is -2.07. The molecule has 1 unspecified atom stereocenters. The number of carbonyl (C=O) groups excluding carboxylic acids is 2. The molecule has 0 radical (unpaired) electrons. The summed E-state index contributed by atoms with van der Waals surface area (Å²) < 4.78 is 7.55. The van der Waals surface area contributed by atoms with Crippen molar-refractivity contribution < 1.29 is 14.3 Å². The molecule has 0 bridgehead atoms. The molecule has 1 aliphatic carbocycles. The molecular formula is C29H28Cl2IN3O3. The molecule has 3 heterocycles. The van der Waals surface area contributed by atoms with Crippen LogP contribution in [-0.4, -0.2) is 31.0 Å². The van der Waals surface area contributed by atoms with Gasteiger partial charge < -0.3 is 20.7 Å². The molecule has 3 aliphatic heterocycles. The van der Waals surface area contributed by atoms with Gasteiger partial charge in [0.05, 0.1) is 6.04 Å². The molecule has 2 fully saturated rings. The normalized spacial score (nSPS) is 29.0. The number of rotatable bonds is 4. The summed E-state index contributed by atoms with van der Waals surface area (Å²) in [5, 5.41) is 11.0. The molecule has 4 atom stereocenters. The highest BCUT2D eigenvalue weighted by Crippen LogP contribution is 2.55. The quantitative estimate of drug-likeness (QED) is 0.359. The first-order valence-electron chi connectivity index (χ1n) is 13.0. The van der Waals surface area contributed by atoms with Gasteiger partial charge in [-0.15, -0.1) is 0 Å². The van der Waals surface area contributed by atoms with E-state index in [1.165, 1.54) is 0 Å². The SMILES string of the molecule is O=C1N[C@H](c2cc(I)ccc2OC2CCNCC2)[C@]2(C[C@@H]1C1C=CC=C(Cl)C1)C(=O)Nc1cc(Cl)ccc12. The summed E-state index contributed by atoms with van der Waals surface area (Å²) in [6, 6.07) is 10.9. The number of fused-ring (bicyclic) bond motifs is 2. The number of hydrogen-bond donors (Lipinski definition) is 3. The Bertz CT molecular complexity index is 1360. The minimum Gasteiger partial charge on any atom is -0.490 e. The number of piperidine rings is 2. The molecule has 6 rings (SSSR count). The molecule has 38 heavy (non-hydrogen) atoms. The van der Waals surface area contributed by atoms with Crippen LogP contribution in [0.25, 0.3) is 0 Å². The number of hydrogen-bond acceptors (Lipinski definition) is 4. The van der Waals surface area contributed by atoms with E-state index in [4.69, 9.17) is 27.9 Å². The van der Waals surface area contributed by atoms with E-state index >= 15 is 0 Å². The topological polar surface area (TPSA) is 79.5 Å². The van der Waals surface area contributed by atoms with Crippen LogP contribution in [0.1, 0.15) is 42.9 Å². The Balaban J connectivity index is 1.47. The van der Waals surface area contributed by atoms with Crippen molar-refractivity contribution in [2.24, 2.45) is 11.8 Å². The lowest BCUT2D eigenvalue weighted by molar-refractivity contribution is -0.135. The van der Waals surface area contributed by atoms with Crippen LogP contribution in [0.15, 0.2) is 59.7 Å². The summed E-state index contributed by atoms with van der Waals surface area (Å²) in [6.07, 6.45) is 8.57. The molecule has 0 aromatic heterocycles. The van der Waals surface area contributed by atoms with Gasteiger partial charge >= 0.3 is 0 Å². The molecule has 198 valence electrons. The van der Waals surface area contributed by atoms with E-state index in [-0.39, 0.29) is 23.8 Å². The van der Waals surface area contributed by atoms with Crippen LogP contribution >= 0.6 is 45.8 Å². The van der Waals surface area contributed by atoms with Crippen molar-refractivity contribution >= 4 is 63.3 Å². The first kappa shape index (κ1) is 26.2. The average molecular weight is 664 g/mol. The molecule has 4 aliphatic rings. The number of nitrogens with one attached hydrogen (secondary N) is 3. The number of benzene rings is 2. The molecule has 6 nitrogen and oxygen atoms in total. The van der Waals surface area contributed by atoms with Crippen LogP contribution in [0.3, 0.4) is 0 Å². The van der Waals surface area contributed by atoms with Gasteiger partial charge in [0.1, 0.15) is 17.3 Å². The smallest absolute Gasteiger partial charge is 0.237 e. The van der Waals surface area contributed by atoms with Gasteiger partial charge in [0.25, 0.3) is 0 Å². The van der Waals surface area contributed by atoms with Gasteiger partial charge in [0.15, 0.2) is 0 Å². The predicted molar refractivity (Wildman–Crippen MR) is 158 cm³/mol. The lowest BCUT2D eigenvalue weighted by atomic mass is 9.62. The fraction of sp³-hybridized carbons (Fsp3) is 0.379. The first-order valence-corrected chi connectivity index (χ1v) is 14.8. The predicted octanol–water partition coefficient (Wildman–Crippen LogP) is 5.84. The second kappa shape index (κ2) is 10.5. The number of halogens is 3. The third kappa shape index (κ3) is 4.65. The van der Waals surface area contributed by atoms with Gasteiger partial charge in [0, 0.05) is 30.8 Å². The van der Waals surface area contributed by atoms with Crippen molar-refractivity contribution in [3.8, 4) is 5.75 Å². The third-order valence-corrected chi connectivity index (χ3v) is 9.41. The van der Waals surface area contributed by atoms with Crippen molar-refractivity contribution in [2.75, 3.05) is 18.4 Å². The number of amides is 2. The second-order valence-electron chi connectivity index (χ2n) is 10.5. The Morgan fingerprint density at radius 3 is 2.66 bits per heavy atom. The van der Waals surface area contributed by atoms with Crippen LogP contribution in [0.4, 0.5) is 5.69 Å². The average Bonchev–Trinajstić information content (AvgIpc) is 3.17. The fourth-order valence-corrected chi connectivity index (χ4v) is 7.30. The molecule has 2 saturated heterocycles. The van der Waals surface area contributed by atoms with E-state index in [1.807, 2.05) is 48.6 Å². The van der Waals surface area contributed by atoms with Crippen LogP contribution in [0.2, 0.25) is 5.02 Å². The maximum Gasteiger partial charge on any atom is 0.237 e. The van der Waals surface area contributed by atoms with Gasteiger partial charge in [-0.25, -0.2) is 0 Å². The summed E-state index contributed by atoms with van der Waals surface area (Å²) in [7, 11) is 0. The molecule has 1 spiro atoms. The maximum absolute atomic E-state index is 14.1. The van der Waals surface area contributed by atoms with Crippen LogP contribution < -0.4 is 20.7 Å². The van der Waals surface area contributed by atoms with Crippen molar-refractivity contribution in [1.29, 1.82) is 0 Å². The number of carbonyl (C=O) groups is 2. The van der Waals surface area contributed by atoms with Crippen molar-refractivity contribution in [3.63, 3.8) is 0 Å². The number of anilines is 1. The number of allylic oxidation sites excluding steroid dienone is 4. The molecule has 3 N–H and O–H groups in total. The first-order chi connectivity index (χ1) is 18.3. The summed E-state index contributed by atoms with van der Waals surface area (Å²) >= 11 is 15.0. The van der Waals surface area contributed by atoms with Gasteiger partial charge in [-0.1, -0.05) is 41.4 Å². The molecule has 9 heteroatoms. The van der Waals surface area contributed by atoms with Gasteiger partial charge in [-0.3, -0.25) is 9.59 Å². The Morgan fingerprint density at radius 1 is 1.05 bits per heavy atom. The van der Waals surface area contributed by atoms with E-state index in [2.05, 4.69) is 38.5 Å². The monoisotopic (exact) mass is 663 g/mol. The summed E-state index contributed by atoms with van der Waals surface area (Å²) in [6.45, 7) is 1.80. The summed E-state index contributed by atoms with van der Waals surface area (Å²) in [5.74, 6) is -0.0367. The molecule has 0 saturated carbocycles. The standard InChI is InChI=1S/C29H28Cl2IN3O3/c30-17-3-1-2-16(12-17)22-15-29(23-6-4-18(31)13-24(23)34-28(29)37)26(35-27(22)36)21-14-19(32)5-7-25(21)38-20-8-10-33-11-9-20/h1-7,13-14,16,20,22,26,33H,8-12,15H2,(H,34,37)(H,35,36)/t16?,22-,26-,29-/m1/s1. The lowest BCUT2D eigenvalue weighted by Crippen LogP contribution is -2.57. The fourth-order valence-electron chi connectivity index (χ4n) is 6.36. The van der Waals surface area contributed by atoms with Crippen LogP contribution in [-0.2, 0) is 15.0 Å². The maximum atomic E-state index is 14.1. The molecule has 2 aromatic carbocycles. The highest BCUT2D eigenvalue weighted by Gasteiger charge is 2.59. The summed E-state index contributed by atoms with van der Waals surface area (Å²) in [5.41, 5.74) is 1.31. The van der Waals surface area contributed by atoms with E-state index < -0.39 is 17.4 Å². The van der Waals surface area contributed by atoms with E-state index in [0.29, 0.717) is 34.3 Å². The number of ether oxygens (including phenoxy) is 1. The minimum absolute atomic E-state index is 0.0721. The Morgan fingerprint density at radius 2 is 1.87 bits per heavy atom. The van der Waals surface area contributed by atoms with Crippen LogP contribution in [0, 0.1) is 15.4 Å². The molecular weight excluding hydrogens is 636 g/mol. The zero-order chi connectivity index (χ0) is 26.4. The third-order valence-electron chi connectivity index (χ3n) is 8.22. The highest BCUT2D eigenvalue weighted by molar-refractivity contribution is 14.1. The Kier molecular flexibility index (Phi) is 7.22. The van der Waals surface area contributed by atoms with Crippen molar-refractivity contribution in [3.05, 3.63) is 79.4 Å². The molecule has 2 aromatic rings. The van der Waals surface area contributed by atoms with Crippen LogP contribution in [0.5, 0.6) is 5.75 Å². The van der Waals surface area contributed by atoms with Gasteiger partial charge in [-0.2, -0.15) is 0 Å². The van der Waals surface area contributed by atoms with Gasteiger partial charge in [-0.05, 0) is 109 Å². The van der Waals surface area contributed by atoms with Gasteiger partial charge in [0.2, 0.25) is 11.8 Å². The highest BCUT2D eigenvalue weighted by atomic mass is 127.